The van der Waals surface area contributed by atoms with Gasteiger partial charge < -0.3 is 4.74 Å². The van der Waals surface area contributed by atoms with E-state index < -0.39 is 0 Å². The summed E-state index contributed by atoms with van der Waals surface area (Å²) in [6, 6.07) is 5.88. The molecule has 4 nitrogen and oxygen atoms in total. The maximum atomic E-state index is 11.3. The molecule has 0 N–H and O–H groups in total. The number of esters is 1. The largest absolute Gasteiger partial charge is 0.457 e. The van der Waals surface area contributed by atoms with Crippen LogP contribution in [0.25, 0.3) is 4.98 Å². The van der Waals surface area contributed by atoms with E-state index in [1.54, 1.807) is 0 Å². The van der Waals surface area contributed by atoms with Gasteiger partial charge in [-0.15, -0.1) is 0 Å². The SMILES string of the molecule is Cc1ccc(CC(=O)OCC[N+]#N)cc1C. The highest BCUT2D eigenvalue weighted by atomic mass is 16.5. The number of diazo groups is 1. The van der Waals surface area contributed by atoms with Crippen molar-refractivity contribution in [3.05, 3.63) is 39.9 Å². The van der Waals surface area contributed by atoms with Crippen LogP contribution >= 0.6 is 0 Å². The average Bonchev–Trinajstić information content (AvgIpc) is 2.24. The Morgan fingerprint density at radius 2 is 2.12 bits per heavy atom. The van der Waals surface area contributed by atoms with E-state index in [0.717, 1.165) is 11.1 Å². The zero-order chi connectivity index (χ0) is 12.0. The Bertz CT molecular complexity index is 422. The van der Waals surface area contributed by atoms with Crippen LogP contribution in [-0.2, 0) is 16.0 Å². The van der Waals surface area contributed by atoms with Gasteiger partial charge in [-0.05, 0) is 30.5 Å². The molecule has 1 rings (SSSR count). The molecule has 0 aliphatic carbocycles. The lowest BCUT2D eigenvalue weighted by Gasteiger charge is -2.04. The zero-order valence-corrected chi connectivity index (χ0v) is 9.56. The van der Waals surface area contributed by atoms with E-state index in [-0.39, 0.29) is 25.5 Å². The van der Waals surface area contributed by atoms with Crippen molar-refractivity contribution in [1.82, 2.24) is 0 Å². The first-order valence-electron chi connectivity index (χ1n) is 5.16. The van der Waals surface area contributed by atoms with Crippen LogP contribution in [0.3, 0.4) is 0 Å². The molecule has 0 aromatic heterocycles. The molecule has 16 heavy (non-hydrogen) atoms. The van der Waals surface area contributed by atoms with E-state index in [1.165, 1.54) is 5.56 Å². The molecular weight excluding hydrogens is 204 g/mol. The van der Waals surface area contributed by atoms with Crippen molar-refractivity contribution in [3.8, 4) is 0 Å². The van der Waals surface area contributed by atoms with E-state index in [9.17, 15) is 4.79 Å². The van der Waals surface area contributed by atoms with Gasteiger partial charge in [0.2, 0.25) is 5.39 Å². The maximum absolute atomic E-state index is 11.3. The fourth-order valence-corrected chi connectivity index (χ4v) is 1.33. The maximum Gasteiger partial charge on any atom is 0.338 e. The molecule has 0 spiro atoms. The summed E-state index contributed by atoms with van der Waals surface area (Å²) in [5, 5.41) is 8.17. The second-order valence-corrected chi connectivity index (χ2v) is 3.68. The molecular formula is C12H15N2O2+. The number of hydrogen-bond acceptors (Lipinski definition) is 3. The van der Waals surface area contributed by atoms with Gasteiger partial charge in [0.1, 0.15) is 4.98 Å². The Morgan fingerprint density at radius 3 is 2.75 bits per heavy atom. The molecule has 1 aromatic rings. The molecule has 1 aromatic carbocycles. The van der Waals surface area contributed by atoms with Gasteiger partial charge in [-0.2, -0.15) is 0 Å². The zero-order valence-electron chi connectivity index (χ0n) is 9.56. The fourth-order valence-electron chi connectivity index (χ4n) is 1.33. The molecule has 0 saturated carbocycles. The average molecular weight is 219 g/mol. The third kappa shape index (κ3) is 3.70. The molecule has 0 unspecified atom stereocenters. The molecule has 0 amide bonds. The summed E-state index contributed by atoms with van der Waals surface area (Å²) in [5.74, 6) is -0.299. The number of aryl methyl sites for hydroxylation is 2. The van der Waals surface area contributed by atoms with Crippen LogP contribution in [0.15, 0.2) is 18.2 Å². The van der Waals surface area contributed by atoms with Crippen LogP contribution in [0.5, 0.6) is 0 Å². The predicted molar refractivity (Wildman–Crippen MR) is 60.5 cm³/mol. The summed E-state index contributed by atoms with van der Waals surface area (Å²) in [6.45, 7) is 4.29. The Balaban J connectivity index is 2.50. The molecule has 84 valence electrons. The van der Waals surface area contributed by atoms with Crippen molar-refractivity contribution in [2.24, 2.45) is 0 Å². The van der Waals surface area contributed by atoms with Crippen LogP contribution in [-0.4, -0.2) is 19.1 Å². The minimum atomic E-state index is -0.299. The highest BCUT2D eigenvalue weighted by Gasteiger charge is 2.07. The molecule has 0 bridgehead atoms. The summed E-state index contributed by atoms with van der Waals surface area (Å²) in [5.41, 5.74) is 3.31. The van der Waals surface area contributed by atoms with Gasteiger partial charge in [-0.25, -0.2) is 0 Å². The number of hydrogen-bond donors (Lipinski definition) is 0. The van der Waals surface area contributed by atoms with Gasteiger partial charge >= 0.3 is 12.5 Å². The van der Waals surface area contributed by atoms with Crippen molar-refractivity contribution in [2.45, 2.75) is 20.3 Å². The van der Waals surface area contributed by atoms with Crippen molar-refractivity contribution in [1.29, 1.82) is 5.39 Å². The molecule has 0 radical (unpaired) electrons. The predicted octanol–water partition coefficient (Wildman–Crippen LogP) is 2.24. The molecule has 0 aliphatic heterocycles. The number of ether oxygens (including phenoxy) is 1. The quantitative estimate of drug-likeness (QED) is 0.443. The van der Waals surface area contributed by atoms with E-state index in [2.05, 4.69) is 4.98 Å². The van der Waals surface area contributed by atoms with Gasteiger partial charge in [-0.3, -0.25) is 4.79 Å². The standard InChI is InChI=1S/C12H15N2O2/c1-9-3-4-11(7-10(9)2)8-12(15)16-6-5-14-13/h3-4,7H,5-6,8H2,1-2H3/q+1. The Morgan fingerprint density at radius 1 is 1.38 bits per heavy atom. The highest BCUT2D eigenvalue weighted by Crippen LogP contribution is 2.10. The van der Waals surface area contributed by atoms with Crippen molar-refractivity contribution >= 4 is 5.97 Å². The summed E-state index contributed by atoms with van der Waals surface area (Å²) >= 11 is 0. The normalized spacial score (nSPS) is 9.56. The first kappa shape index (κ1) is 12.2. The molecule has 0 aliphatic rings. The molecule has 0 heterocycles. The summed E-state index contributed by atoms with van der Waals surface area (Å²) in [4.78, 5) is 14.2. The number of carbonyl (C=O) groups is 1. The Hall–Kier alpha value is -1.89. The number of carbonyl (C=O) groups excluding carboxylic acids is 1. The lowest BCUT2D eigenvalue weighted by molar-refractivity contribution is -0.142. The Labute approximate surface area is 94.9 Å². The van der Waals surface area contributed by atoms with E-state index in [0.29, 0.717) is 0 Å². The number of nitrogens with zero attached hydrogens (tertiary/aromatic N) is 2. The minimum Gasteiger partial charge on any atom is -0.457 e. The number of rotatable bonds is 4. The molecule has 0 fully saturated rings. The van der Waals surface area contributed by atoms with Gasteiger partial charge in [0, 0.05) is 0 Å². The van der Waals surface area contributed by atoms with Crippen LogP contribution in [0.1, 0.15) is 16.7 Å². The van der Waals surface area contributed by atoms with E-state index in [1.807, 2.05) is 32.0 Å². The third-order valence-electron chi connectivity index (χ3n) is 2.37. The second-order valence-electron chi connectivity index (χ2n) is 3.68. The van der Waals surface area contributed by atoms with Crippen LogP contribution in [0.4, 0.5) is 0 Å². The molecule has 4 heteroatoms. The van der Waals surface area contributed by atoms with Gasteiger partial charge in [-0.1, -0.05) is 18.2 Å². The lowest BCUT2D eigenvalue weighted by atomic mass is 10.0. The summed E-state index contributed by atoms with van der Waals surface area (Å²) in [7, 11) is 0. The first-order chi connectivity index (χ1) is 7.63. The first-order valence-corrected chi connectivity index (χ1v) is 5.16. The molecule has 0 saturated heterocycles. The van der Waals surface area contributed by atoms with Crippen LogP contribution in [0.2, 0.25) is 0 Å². The van der Waals surface area contributed by atoms with Gasteiger partial charge in [0.15, 0.2) is 6.61 Å². The lowest BCUT2D eigenvalue weighted by Crippen LogP contribution is -2.10. The van der Waals surface area contributed by atoms with Gasteiger partial charge in [0.05, 0.1) is 6.42 Å². The van der Waals surface area contributed by atoms with Crippen molar-refractivity contribution < 1.29 is 9.53 Å². The topological polar surface area (TPSA) is 54.5 Å². The third-order valence-corrected chi connectivity index (χ3v) is 2.37. The number of benzene rings is 1. The van der Waals surface area contributed by atoms with Crippen molar-refractivity contribution in [3.63, 3.8) is 0 Å². The van der Waals surface area contributed by atoms with Crippen LogP contribution < -0.4 is 0 Å². The smallest absolute Gasteiger partial charge is 0.338 e. The van der Waals surface area contributed by atoms with E-state index >= 15 is 0 Å². The van der Waals surface area contributed by atoms with Crippen LogP contribution in [0, 0.1) is 19.2 Å². The minimum absolute atomic E-state index is 0.124. The highest BCUT2D eigenvalue weighted by molar-refractivity contribution is 5.72. The summed E-state index contributed by atoms with van der Waals surface area (Å²) < 4.78 is 4.86. The van der Waals surface area contributed by atoms with Crippen molar-refractivity contribution in [2.75, 3.05) is 13.2 Å². The second kappa shape index (κ2) is 5.86. The molecule has 0 atom stereocenters. The summed E-state index contributed by atoms with van der Waals surface area (Å²) in [6.07, 6.45) is 0.256. The Kier molecular flexibility index (Phi) is 4.46. The van der Waals surface area contributed by atoms with E-state index in [4.69, 9.17) is 10.1 Å². The fraction of sp³-hybridized carbons (Fsp3) is 0.417. The van der Waals surface area contributed by atoms with Gasteiger partial charge in [0.25, 0.3) is 0 Å². The monoisotopic (exact) mass is 219 g/mol.